The zero-order valence-corrected chi connectivity index (χ0v) is 17.0. The van der Waals surface area contributed by atoms with E-state index in [1.54, 1.807) is 24.0 Å². The van der Waals surface area contributed by atoms with Crippen LogP contribution in [0.2, 0.25) is 0 Å². The van der Waals surface area contributed by atoms with Crippen LogP contribution in [0.3, 0.4) is 0 Å². The first-order chi connectivity index (χ1) is 13.5. The Morgan fingerprint density at radius 3 is 2.50 bits per heavy atom. The van der Waals surface area contributed by atoms with Gasteiger partial charge < -0.3 is 9.64 Å². The molecule has 1 aromatic rings. The average molecular weight is 386 g/mol. The van der Waals surface area contributed by atoms with Crippen molar-refractivity contribution < 1.29 is 19.1 Å². The standard InChI is InChI=1S/C23H31NO4/c1-18(23(27)28-2)17-24(16-15-19-9-5-3-6-10-19)22(26)14-13-21(25)20-11-7-4-8-12-20/h4,7-9,11-12,18H,3,5-6,10,13-17H2,1-2H3. The van der Waals surface area contributed by atoms with Crippen LogP contribution in [-0.2, 0) is 14.3 Å². The van der Waals surface area contributed by atoms with Gasteiger partial charge in [0.1, 0.15) is 0 Å². The van der Waals surface area contributed by atoms with Crippen LogP contribution in [0.4, 0.5) is 0 Å². The van der Waals surface area contributed by atoms with Crippen molar-refractivity contribution in [1.29, 1.82) is 0 Å². The molecule has 0 aromatic heterocycles. The molecule has 28 heavy (non-hydrogen) atoms. The Hall–Kier alpha value is -2.43. The number of methoxy groups -OCH3 is 1. The molecule has 0 fully saturated rings. The molecule has 0 heterocycles. The van der Waals surface area contributed by atoms with E-state index >= 15 is 0 Å². The van der Waals surface area contributed by atoms with Gasteiger partial charge in [0.25, 0.3) is 0 Å². The van der Waals surface area contributed by atoms with E-state index in [0.717, 1.165) is 19.3 Å². The van der Waals surface area contributed by atoms with Gasteiger partial charge in [-0.05, 0) is 32.1 Å². The third-order valence-corrected chi connectivity index (χ3v) is 5.20. The van der Waals surface area contributed by atoms with Crippen LogP contribution in [0.1, 0.15) is 62.2 Å². The fraction of sp³-hybridized carbons (Fsp3) is 0.522. The van der Waals surface area contributed by atoms with Gasteiger partial charge in [-0.25, -0.2) is 0 Å². The summed E-state index contributed by atoms with van der Waals surface area (Å²) in [6.45, 7) is 2.66. The lowest BCUT2D eigenvalue weighted by Crippen LogP contribution is -2.38. The Morgan fingerprint density at radius 1 is 1.11 bits per heavy atom. The smallest absolute Gasteiger partial charge is 0.310 e. The number of carbonyl (C=O) groups excluding carboxylic acids is 3. The van der Waals surface area contributed by atoms with Crippen molar-refractivity contribution in [2.24, 2.45) is 5.92 Å². The Labute approximate surface area is 167 Å². The molecule has 0 saturated heterocycles. The Morgan fingerprint density at radius 2 is 1.86 bits per heavy atom. The maximum Gasteiger partial charge on any atom is 0.310 e. The fourth-order valence-electron chi connectivity index (χ4n) is 3.48. The normalized spacial score (nSPS) is 14.7. The second kappa shape index (κ2) is 11.4. The molecule has 1 amide bonds. The predicted molar refractivity (Wildman–Crippen MR) is 109 cm³/mol. The summed E-state index contributed by atoms with van der Waals surface area (Å²) in [5.74, 6) is -0.837. The predicted octanol–water partition coefficient (Wildman–Crippen LogP) is 4.18. The Balaban J connectivity index is 1.95. The van der Waals surface area contributed by atoms with Gasteiger partial charge in [0, 0.05) is 31.5 Å². The minimum absolute atomic E-state index is 0.0371. The average Bonchev–Trinajstić information content (AvgIpc) is 2.75. The summed E-state index contributed by atoms with van der Waals surface area (Å²) in [5, 5.41) is 0. The van der Waals surface area contributed by atoms with Gasteiger partial charge in [-0.1, -0.05) is 48.9 Å². The van der Waals surface area contributed by atoms with E-state index < -0.39 is 0 Å². The molecule has 5 nitrogen and oxygen atoms in total. The molecular weight excluding hydrogens is 354 g/mol. The molecule has 0 radical (unpaired) electrons. The summed E-state index contributed by atoms with van der Waals surface area (Å²) in [7, 11) is 1.36. The lowest BCUT2D eigenvalue weighted by Gasteiger charge is -2.26. The number of allylic oxidation sites excluding steroid dienone is 1. The molecule has 0 saturated carbocycles. The summed E-state index contributed by atoms with van der Waals surface area (Å²) < 4.78 is 4.80. The van der Waals surface area contributed by atoms with Crippen molar-refractivity contribution in [2.75, 3.05) is 20.2 Å². The summed E-state index contributed by atoms with van der Waals surface area (Å²) in [6, 6.07) is 9.02. The third-order valence-electron chi connectivity index (χ3n) is 5.20. The topological polar surface area (TPSA) is 63.7 Å². The number of benzene rings is 1. The van der Waals surface area contributed by atoms with E-state index in [-0.39, 0.29) is 36.4 Å². The Kier molecular flexibility index (Phi) is 8.92. The van der Waals surface area contributed by atoms with Gasteiger partial charge in [0.05, 0.1) is 13.0 Å². The fourth-order valence-corrected chi connectivity index (χ4v) is 3.48. The SMILES string of the molecule is COC(=O)C(C)CN(CCC1=CCCCC1)C(=O)CCC(=O)c1ccccc1. The van der Waals surface area contributed by atoms with Gasteiger partial charge in [-0.2, -0.15) is 0 Å². The van der Waals surface area contributed by atoms with Crippen LogP contribution in [0.5, 0.6) is 0 Å². The van der Waals surface area contributed by atoms with Gasteiger partial charge in [-0.15, -0.1) is 0 Å². The molecule has 1 aliphatic rings. The molecule has 1 atom stereocenters. The number of rotatable bonds is 10. The number of ketones is 1. The zero-order chi connectivity index (χ0) is 20.4. The maximum atomic E-state index is 12.8. The van der Waals surface area contributed by atoms with Crippen LogP contribution >= 0.6 is 0 Å². The first kappa shape index (κ1) is 21.9. The number of hydrogen-bond donors (Lipinski definition) is 0. The highest BCUT2D eigenvalue weighted by Gasteiger charge is 2.22. The van der Waals surface area contributed by atoms with Gasteiger partial charge in [0.2, 0.25) is 5.91 Å². The van der Waals surface area contributed by atoms with E-state index in [4.69, 9.17) is 4.74 Å². The summed E-state index contributed by atoms with van der Waals surface area (Å²) in [6.07, 6.45) is 8.04. The van der Waals surface area contributed by atoms with Crippen LogP contribution in [-0.4, -0.2) is 42.8 Å². The van der Waals surface area contributed by atoms with Crippen LogP contribution in [0.25, 0.3) is 0 Å². The summed E-state index contributed by atoms with van der Waals surface area (Å²) >= 11 is 0. The molecule has 0 spiro atoms. The minimum Gasteiger partial charge on any atom is -0.469 e. The molecule has 2 rings (SSSR count). The molecule has 152 valence electrons. The van der Waals surface area contributed by atoms with Crippen LogP contribution in [0, 0.1) is 5.92 Å². The summed E-state index contributed by atoms with van der Waals surface area (Å²) in [5.41, 5.74) is 2.01. The molecule has 0 aliphatic heterocycles. The molecule has 0 bridgehead atoms. The highest BCUT2D eigenvalue weighted by atomic mass is 16.5. The first-order valence-corrected chi connectivity index (χ1v) is 10.1. The van der Waals surface area contributed by atoms with E-state index in [2.05, 4.69) is 6.08 Å². The molecule has 5 heteroatoms. The molecule has 0 N–H and O–H groups in total. The van der Waals surface area contributed by atoms with E-state index in [1.165, 1.54) is 25.5 Å². The molecular formula is C23H31NO4. The lowest BCUT2D eigenvalue weighted by atomic mass is 9.97. The van der Waals surface area contributed by atoms with Crippen LogP contribution in [0.15, 0.2) is 42.0 Å². The largest absolute Gasteiger partial charge is 0.469 e. The molecule has 1 aliphatic carbocycles. The number of hydrogen-bond acceptors (Lipinski definition) is 4. The van der Waals surface area contributed by atoms with Gasteiger partial charge >= 0.3 is 5.97 Å². The van der Waals surface area contributed by atoms with Crippen molar-refractivity contribution in [2.45, 2.75) is 51.9 Å². The van der Waals surface area contributed by atoms with E-state index in [0.29, 0.717) is 18.7 Å². The molecule has 1 unspecified atom stereocenters. The number of nitrogens with zero attached hydrogens (tertiary/aromatic N) is 1. The third kappa shape index (κ3) is 6.95. The van der Waals surface area contributed by atoms with Crippen molar-refractivity contribution in [1.82, 2.24) is 4.90 Å². The van der Waals surface area contributed by atoms with E-state index in [9.17, 15) is 14.4 Å². The highest BCUT2D eigenvalue weighted by Crippen LogP contribution is 2.21. The lowest BCUT2D eigenvalue weighted by molar-refractivity contribution is -0.146. The van der Waals surface area contributed by atoms with Crippen molar-refractivity contribution >= 4 is 17.7 Å². The van der Waals surface area contributed by atoms with Crippen molar-refractivity contribution in [3.05, 3.63) is 47.5 Å². The number of amides is 1. The van der Waals surface area contributed by atoms with Crippen molar-refractivity contribution in [3.8, 4) is 0 Å². The van der Waals surface area contributed by atoms with E-state index in [1.807, 2.05) is 18.2 Å². The number of Topliss-reactive ketones (excluding diaryl/α,β-unsaturated/α-hetero) is 1. The monoisotopic (exact) mass is 385 g/mol. The first-order valence-electron chi connectivity index (χ1n) is 10.1. The second-order valence-corrected chi connectivity index (χ2v) is 7.41. The van der Waals surface area contributed by atoms with Crippen LogP contribution < -0.4 is 0 Å². The van der Waals surface area contributed by atoms with Gasteiger partial charge in [0.15, 0.2) is 5.78 Å². The zero-order valence-electron chi connectivity index (χ0n) is 17.0. The second-order valence-electron chi connectivity index (χ2n) is 7.41. The minimum atomic E-state index is -0.390. The van der Waals surface area contributed by atoms with Gasteiger partial charge in [-0.3, -0.25) is 14.4 Å². The highest BCUT2D eigenvalue weighted by molar-refractivity contribution is 5.97. The maximum absolute atomic E-state index is 12.8. The Bertz CT molecular complexity index is 696. The number of esters is 1. The molecule has 1 aromatic carbocycles. The number of ether oxygens (including phenoxy) is 1. The summed E-state index contributed by atoms with van der Waals surface area (Å²) in [4.78, 5) is 38.6. The number of carbonyl (C=O) groups is 3. The van der Waals surface area contributed by atoms with Crippen molar-refractivity contribution in [3.63, 3.8) is 0 Å². The quantitative estimate of drug-likeness (QED) is 0.344.